The van der Waals surface area contributed by atoms with Gasteiger partial charge in [0.05, 0.1) is 4.92 Å². The Morgan fingerprint density at radius 2 is 1.90 bits per heavy atom. The first-order valence-electron chi connectivity index (χ1n) is 7.44. The minimum atomic E-state index is -0.340. The summed E-state index contributed by atoms with van der Waals surface area (Å²) in [4.78, 5) is 26.9. The van der Waals surface area contributed by atoms with Gasteiger partial charge in [0.2, 0.25) is 5.91 Å². The second-order valence-corrected chi connectivity index (χ2v) is 5.69. The normalized spacial score (nSPS) is 19.2. The van der Waals surface area contributed by atoms with E-state index in [-0.39, 0.29) is 22.4 Å². The van der Waals surface area contributed by atoms with Gasteiger partial charge in [-0.2, -0.15) is 0 Å². The van der Waals surface area contributed by atoms with Crippen LogP contribution in [0, 0.1) is 16.0 Å². The Hall–Kier alpha value is -2.11. The number of benzene rings is 1. The van der Waals surface area contributed by atoms with Crippen molar-refractivity contribution in [2.75, 3.05) is 31.1 Å². The Bertz CT molecular complexity index is 557. The Kier molecular flexibility index (Phi) is 3.77. The summed E-state index contributed by atoms with van der Waals surface area (Å²) in [6.45, 7) is 2.82. The minimum absolute atomic E-state index is 0.138. The van der Waals surface area contributed by atoms with Gasteiger partial charge in [-0.3, -0.25) is 14.9 Å². The van der Waals surface area contributed by atoms with E-state index >= 15 is 0 Å². The molecule has 1 saturated heterocycles. The summed E-state index contributed by atoms with van der Waals surface area (Å²) in [5.74, 6) is 0.502. The monoisotopic (exact) mass is 289 g/mol. The van der Waals surface area contributed by atoms with Gasteiger partial charge in [0.1, 0.15) is 5.69 Å². The number of carbonyl (C=O) groups is 1. The first-order chi connectivity index (χ1) is 10.2. The van der Waals surface area contributed by atoms with Gasteiger partial charge in [0.15, 0.2) is 0 Å². The van der Waals surface area contributed by atoms with Gasteiger partial charge in [-0.15, -0.1) is 0 Å². The summed E-state index contributed by atoms with van der Waals surface area (Å²) in [6.07, 6.45) is 2.89. The van der Waals surface area contributed by atoms with Crippen LogP contribution in [0.2, 0.25) is 0 Å². The third-order valence-corrected chi connectivity index (χ3v) is 4.15. The van der Waals surface area contributed by atoms with Crippen LogP contribution in [-0.4, -0.2) is 41.9 Å². The molecule has 0 bridgehead atoms. The Labute approximate surface area is 123 Å². The van der Waals surface area contributed by atoms with E-state index in [0.717, 1.165) is 32.4 Å². The first-order valence-corrected chi connectivity index (χ1v) is 7.44. The number of hydrogen-bond donors (Lipinski definition) is 0. The highest BCUT2D eigenvalue weighted by molar-refractivity contribution is 5.81. The molecule has 2 aliphatic rings. The Morgan fingerprint density at radius 1 is 1.14 bits per heavy atom. The molecular formula is C15H19N3O3. The van der Waals surface area contributed by atoms with Gasteiger partial charge in [-0.25, -0.2) is 0 Å². The molecule has 1 aromatic rings. The number of hydrogen-bond acceptors (Lipinski definition) is 4. The maximum Gasteiger partial charge on any atom is 0.292 e. The fraction of sp³-hybridized carbons (Fsp3) is 0.533. The van der Waals surface area contributed by atoms with E-state index in [2.05, 4.69) is 0 Å². The average Bonchev–Trinajstić information content (AvgIpc) is 3.33. The molecule has 3 rings (SSSR count). The van der Waals surface area contributed by atoms with Gasteiger partial charge >= 0.3 is 0 Å². The van der Waals surface area contributed by atoms with Gasteiger partial charge in [-0.1, -0.05) is 12.1 Å². The zero-order chi connectivity index (χ0) is 14.8. The molecule has 1 aliphatic carbocycles. The SMILES string of the molecule is O=C(C1CC1)N1CCCN(c2ccccc2[N+](=O)[O-])CC1. The molecule has 0 aromatic heterocycles. The van der Waals surface area contributed by atoms with Crippen molar-refractivity contribution in [1.82, 2.24) is 4.90 Å². The zero-order valence-corrected chi connectivity index (χ0v) is 11.9. The maximum absolute atomic E-state index is 12.1. The molecule has 1 saturated carbocycles. The lowest BCUT2D eigenvalue weighted by atomic mass is 10.2. The van der Waals surface area contributed by atoms with E-state index in [1.165, 1.54) is 6.07 Å². The zero-order valence-electron chi connectivity index (χ0n) is 11.9. The van der Waals surface area contributed by atoms with Crippen LogP contribution in [0.15, 0.2) is 24.3 Å². The fourth-order valence-corrected chi connectivity index (χ4v) is 2.85. The third kappa shape index (κ3) is 2.99. The quantitative estimate of drug-likeness (QED) is 0.631. The number of nitrogens with zero attached hydrogens (tertiary/aromatic N) is 3. The molecular weight excluding hydrogens is 270 g/mol. The first kappa shape index (κ1) is 13.9. The minimum Gasteiger partial charge on any atom is -0.364 e. The summed E-state index contributed by atoms with van der Waals surface area (Å²) in [5.41, 5.74) is 0.794. The molecule has 1 aromatic carbocycles. The van der Waals surface area contributed by atoms with E-state index in [1.54, 1.807) is 12.1 Å². The number of nitro benzene ring substituents is 1. The van der Waals surface area contributed by atoms with Crippen LogP contribution >= 0.6 is 0 Å². The van der Waals surface area contributed by atoms with Crippen LogP contribution in [0.5, 0.6) is 0 Å². The predicted octanol–water partition coefficient (Wildman–Crippen LogP) is 2.04. The number of rotatable bonds is 3. The lowest BCUT2D eigenvalue weighted by molar-refractivity contribution is -0.384. The number of amides is 1. The topological polar surface area (TPSA) is 66.7 Å². The highest BCUT2D eigenvalue weighted by Gasteiger charge is 2.34. The molecule has 2 fully saturated rings. The second-order valence-electron chi connectivity index (χ2n) is 5.69. The van der Waals surface area contributed by atoms with Crippen molar-refractivity contribution in [1.29, 1.82) is 0 Å². The molecule has 1 aliphatic heterocycles. The summed E-state index contributed by atoms with van der Waals surface area (Å²) in [5, 5.41) is 11.1. The highest BCUT2D eigenvalue weighted by atomic mass is 16.6. The summed E-state index contributed by atoms with van der Waals surface area (Å²) >= 11 is 0. The average molecular weight is 289 g/mol. The van der Waals surface area contributed by atoms with Gasteiger partial charge in [-0.05, 0) is 25.3 Å². The van der Waals surface area contributed by atoms with Gasteiger partial charge in [0, 0.05) is 38.2 Å². The van der Waals surface area contributed by atoms with E-state index in [9.17, 15) is 14.9 Å². The molecule has 112 valence electrons. The summed E-state index contributed by atoms with van der Waals surface area (Å²) in [6, 6.07) is 6.83. The molecule has 0 atom stereocenters. The van der Waals surface area contributed by atoms with Crippen LogP contribution in [0.4, 0.5) is 11.4 Å². The van der Waals surface area contributed by atoms with Crippen molar-refractivity contribution in [3.63, 3.8) is 0 Å². The van der Waals surface area contributed by atoms with E-state index in [4.69, 9.17) is 0 Å². The molecule has 0 N–H and O–H groups in total. The second kappa shape index (κ2) is 5.71. The largest absolute Gasteiger partial charge is 0.364 e. The van der Waals surface area contributed by atoms with Crippen LogP contribution in [0.1, 0.15) is 19.3 Å². The molecule has 6 heteroatoms. The van der Waals surface area contributed by atoms with Crippen molar-refractivity contribution < 1.29 is 9.72 Å². The summed E-state index contributed by atoms with van der Waals surface area (Å²) in [7, 11) is 0. The Balaban J connectivity index is 1.73. The molecule has 21 heavy (non-hydrogen) atoms. The van der Waals surface area contributed by atoms with Crippen LogP contribution < -0.4 is 4.90 Å². The van der Waals surface area contributed by atoms with E-state index < -0.39 is 0 Å². The fourth-order valence-electron chi connectivity index (χ4n) is 2.85. The number of anilines is 1. The predicted molar refractivity (Wildman–Crippen MR) is 79.2 cm³/mol. The number of para-hydroxylation sites is 2. The van der Waals surface area contributed by atoms with Crippen molar-refractivity contribution in [3.8, 4) is 0 Å². The molecule has 1 amide bonds. The highest BCUT2D eigenvalue weighted by Crippen LogP contribution is 2.32. The van der Waals surface area contributed by atoms with Crippen LogP contribution in [-0.2, 0) is 4.79 Å². The van der Waals surface area contributed by atoms with Gasteiger partial charge in [0.25, 0.3) is 5.69 Å². The summed E-state index contributed by atoms with van der Waals surface area (Å²) < 4.78 is 0. The van der Waals surface area contributed by atoms with E-state index in [1.807, 2.05) is 15.9 Å². The number of carbonyl (C=O) groups excluding carboxylic acids is 1. The van der Waals surface area contributed by atoms with Crippen molar-refractivity contribution in [3.05, 3.63) is 34.4 Å². The molecule has 0 radical (unpaired) electrons. The van der Waals surface area contributed by atoms with Crippen LogP contribution in [0.25, 0.3) is 0 Å². The lowest BCUT2D eigenvalue weighted by Gasteiger charge is -2.23. The molecule has 1 heterocycles. The maximum atomic E-state index is 12.1. The number of nitro groups is 1. The van der Waals surface area contributed by atoms with Crippen LogP contribution in [0.3, 0.4) is 0 Å². The van der Waals surface area contributed by atoms with Crippen molar-refractivity contribution >= 4 is 17.3 Å². The van der Waals surface area contributed by atoms with Gasteiger partial charge < -0.3 is 9.80 Å². The third-order valence-electron chi connectivity index (χ3n) is 4.15. The molecule has 0 unspecified atom stereocenters. The smallest absolute Gasteiger partial charge is 0.292 e. The lowest BCUT2D eigenvalue weighted by Crippen LogP contribution is -2.36. The van der Waals surface area contributed by atoms with E-state index in [0.29, 0.717) is 18.8 Å². The van der Waals surface area contributed by atoms with Crippen molar-refractivity contribution in [2.24, 2.45) is 5.92 Å². The van der Waals surface area contributed by atoms with Crippen molar-refractivity contribution in [2.45, 2.75) is 19.3 Å². The molecule has 0 spiro atoms. The Morgan fingerprint density at radius 3 is 2.62 bits per heavy atom. The molecule has 6 nitrogen and oxygen atoms in total. The standard InChI is InChI=1S/C15H19N3O3/c19-15(12-6-7-12)17-9-3-8-16(10-11-17)13-4-1-2-5-14(13)18(20)21/h1-2,4-5,12H,3,6-11H2.